The smallest absolute Gasteiger partial charge is 0.236 e. The molecule has 1 heterocycles. The summed E-state index contributed by atoms with van der Waals surface area (Å²) in [5.74, 6) is -1.68. The van der Waals surface area contributed by atoms with Gasteiger partial charge in [-0.25, -0.2) is 8.78 Å². The Morgan fingerprint density at radius 3 is 2.55 bits per heavy atom. The zero-order valence-electron chi connectivity index (χ0n) is 11.5. The lowest BCUT2D eigenvalue weighted by atomic mass is 10.2. The van der Waals surface area contributed by atoms with E-state index in [4.69, 9.17) is 0 Å². The maximum Gasteiger partial charge on any atom is 0.236 e. The second kappa shape index (κ2) is 6.76. The Balaban J connectivity index is 1.75. The highest BCUT2D eigenvalue weighted by atomic mass is 19.2. The molecule has 1 aromatic rings. The Labute approximate surface area is 117 Å². The highest BCUT2D eigenvalue weighted by molar-refractivity contribution is 5.78. The van der Waals surface area contributed by atoms with Gasteiger partial charge in [0.1, 0.15) is 0 Å². The van der Waals surface area contributed by atoms with Crippen LogP contribution < -0.4 is 5.32 Å². The number of likely N-dealkylation sites (N-methyl/N-ethyl adjacent to an activating group) is 1. The van der Waals surface area contributed by atoms with Crippen molar-refractivity contribution >= 4 is 5.91 Å². The van der Waals surface area contributed by atoms with Crippen molar-refractivity contribution in [3.63, 3.8) is 0 Å². The van der Waals surface area contributed by atoms with Gasteiger partial charge in [0.05, 0.1) is 6.54 Å². The van der Waals surface area contributed by atoms with Gasteiger partial charge in [0.2, 0.25) is 5.91 Å². The van der Waals surface area contributed by atoms with Crippen LogP contribution in [0.4, 0.5) is 8.78 Å². The summed E-state index contributed by atoms with van der Waals surface area (Å²) in [4.78, 5) is 15.9. The maximum absolute atomic E-state index is 13.0. The average molecular weight is 283 g/mol. The first-order valence-electron chi connectivity index (χ1n) is 6.67. The Morgan fingerprint density at radius 1 is 1.20 bits per heavy atom. The molecule has 0 saturated carbocycles. The number of hydrogen-bond acceptors (Lipinski definition) is 3. The SMILES string of the molecule is CN1CCN(C(=O)CNCc2ccc(F)c(F)c2)CC1. The molecule has 0 spiro atoms. The minimum absolute atomic E-state index is 0.0423. The van der Waals surface area contributed by atoms with Crippen LogP contribution in [0.25, 0.3) is 0 Å². The minimum Gasteiger partial charge on any atom is -0.339 e. The fourth-order valence-corrected chi connectivity index (χ4v) is 2.13. The molecule has 20 heavy (non-hydrogen) atoms. The average Bonchev–Trinajstić information content (AvgIpc) is 2.43. The first-order valence-corrected chi connectivity index (χ1v) is 6.67. The number of carbonyl (C=O) groups excluding carboxylic acids is 1. The number of nitrogens with one attached hydrogen (secondary N) is 1. The Morgan fingerprint density at radius 2 is 1.90 bits per heavy atom. The van der Waals surface area contributed by atoms with Crippen LogP contribution in [0.2, 0.25) is 0 Å². The van der Waals surface area contributed by atoms with Crippen LogP contribution in [0.15, 0.2) is 18.2 Å². The van der Waals surface area contributed by atoms with Crippen LogP contribution in [-0.2, 0) is 11.3 Å². The molecule has 1 N–H and O–H groups in total. The van der Waals surface area contributed by atoms with E-state index in [0.29, 0.717) is 12.1 Å². The van der Waals surface area contributed by atoms with Crippen LogP contribution in [0.3, 0.4) is 0 Å². The third-order valence-corrected chi connectivity index (χ3v) is 3.45. The number of carbonyl (C=O) groups is 1. The van der Waals surface area contributed by atoms with Gasteiger partial charge in [-0.1, -0.05) is 6.07 Å². The van der Waals surface area contributed by atoms with Crippen LogP contribution in [0, 0.1) is 11.6 Å². The van der Waals surface area contributed by atoms with Crippen LogP contribution in [-0.4, -0.2) is 55.5 Å². The van der Waals surface area contributed by atoms with E-state index in [0.717, 1.165) is 38.3 Å². The van der Waals surface area contributed by atoms with Crippen LogP contribution in [0.5, 0.6) is 0 Å². The van der Waals surface area contributed by atoms with E-state index in [2.05, 4.69) is 10.2 Å². The Bertz CT molecular complexity index is 473. The molecule has 1 amide bonds. The lowest BCUT2D eigenvalue weighted by Crippen LogP contribution is -2.49. The van der Waals surface area contributed by atoms with Crippen molar-refractivity contribution < 1.29 is 13.6 Å². The van der Waals surface area contributed by atoms with Crippen molar-refractivity contribution in [2.24, 2.45) is 0 Å². The van der Waals surface area contributed by atoms with Crippen molar-refractivity contribution in [1.29, 1.82) is 0 Å². The molecule has 0 bridgehead atoms. The first-order chi connectivity index (χ1) is 9.56. The third kappa shape index (κ3) is 3.98. The van der Waals surface area contributed by atoms with Gasteiger partial charge < -0.3 is 15.1 Å². The first kappa shape index (κ1) is 14.9. The molecule has 1 aliphatic heterocycles. The van der Waals surface area contributed by atoms with Crippen molar-refractivity contribution in [1.82, 2.24) is 15.1 Å². The predicted molar refractivity (Wildman–Crippen MR) is 72.1 cm³/mol. The molecule has 0 aliphatic carbocycles. The highest BCUT2D eigenvalue weighted by Gasteiger charge is 2.18. The molecule has 0 aromatic heterocycles. The van der Waals surface area contributed by atoms with E-state index < -0.39 is 11.6 Å². The van der Waals surface area contributed by atoms with Crippen molar-refractivity contribution in [3.05, 3.63) is 35.4 Å². The monoisotopic (exact) mass is 283 g/mol. The quantitative estimate of drug-likeness (QED) is 0.889. The summed E-state index contributed by atoms with van der Waals surface area (Å²) in [6, 6.07) is 3.74. The van der Waals surface area contributed by atoms with Gasteiger partial charge in [-0.3, -0.25) is 4.79 Å². The molecule has 2 rings (SSSR count). The van der Waals surface area contributed by atoms with Crippen LogP contribution in [0.1, 0.15) is 5.56 Å². The fourth-order valence-electron chi connectivity index (χ4n) is 2.13. The third-order valence-electron chi connectivity index (χ3n) is 3.45. The summed E-state index contributed by atoms with van der Waals surface area (Å²) in [6.45, 7) is 3.80. The maximum atomic E-state index is 13.0. The normalized spacial score (nSPS) is 16.4. The standard InChI is InChI=1S/C14H19F2N3O/c1-18-4-6-19(7-5-18)14(20)10-17-9-11-2-3-12(15)13(16)8-11/h2-3,8,17H,4-7,9-10H2,1H3. The van der Waals surface area contributed by atoms with Gasteiger partial charge >= 0.3 is 0 Å². The van der Waals surface area contributed by atoms with Crippen molar-refractivity contribution in [2.75, 3.05) is 39.8 Å². The molecular weight excluding hydrogens is 264 g/mol. The van der Waals surface area contributed by atoms with E-state index >= 15 is 0 Å². The molecule has 0 atom stereocenters. The second-order valence-electron chi connectivity index (χ2n) is 5.04. The summed E-state index contributed by atoms with van der Waals surface area (Å²) in [5, 5.41) is 2.96. The summed E-state index contributed by atoms with van der Waals surface area (Å²) in [7, 11) is 2.03. The molecule has 6 heteroatoms. The molecular formula is C14H19F2N3O. The summed E-state index contributed by atoms with van der Waals surface area (Å²) in [5.41, 5.74) is 0.620. The van der Waals surface area contributed by atoms with E-state index in [1.165, 1.54) is 6.07 Å². The topological polar surface area (TPSA) is 35.6 Å². The lowest BCUT2D eigenvalue weighted by molar-refractivity contribution is -0.131. The second-order valence-corrected chi connectivity index (χ2v) is 5.04. The zero-order valence-corrected chi connectivity index (χ0v) is 11.5. The molecule has 1 aliphatic rings. The van der Waals surface area contributed by atoms with E-state index in [1.807, 2.05) is 11.9 Å². The van der Waals surface area contributed by atoms with Crippen molar-refractivity contribution in [3.8, 4) is 0 Å². The van der Waals surface area contributed by atoms with Crippen molar-refractivity contribution in [2.45, 2.75) is 6.54 Å². The Kier molecular flexibility index (Phi) is 5.03. The zero-order chi connectivity index (χ0) is 14.5. The van der Waals surface area contributed by atoms with Gasteiger partial charge in [-0.2, -0.15) is 0 Å². The molecule has 110 valence electrons. The van der Waals surface area contributed by atoms with Gasteiger partial charge in [0.25, 0.3) is 0 Å². The summed E-state index contributed by atoms with van der Waals surface area (Å²) in [6.07, 6.45) is 0. The van der Waals surface area contributed by atoms with Gasteiger partial charge in [-0.15, -0.1) is 0 Å². The molecule has 0 radical (unpaired) electrons. The van der Waals surface area contributed by atoms with E-state index in [-0.39, 0.29) is 12.5 Å². The van der Waals surface area contributed by atoms with Gasteiger partial charge in [0.15, 0.2) is 11.6 Å². The predicted octanol–water partition coefficient (Wildman–Crippen LogP) is 0.828. The van der Waals surface area contributed by atoms with Gasteiger partial charge in [0, 0.05) is 32.7 Å². The molecule has 1 aromatic carbocycles. The highest BCUT2D eigenvalue weighted by Crippen LogP contribution is 2.08. The van der Waals surface area contributed by atoms with E-state index in [9.17, 15) is 13.6 Å². The number of hydrogen-bond donors (Lipinski definition) is 1. The molecule has 1 fully saturated rings. The Hall–Kier alpha value is -1.53. The number of nitrogens with zero attached hydrogens (tertiary/aromatic N) is 2. The van der Waals surface area contributed by atoms with E-state index in [1.54, 1.807) is 0 Å². The number of benzene rings is 1. The number of rotatable bonds is 4. The molecule has 0 unspecified atom stereocenters. The summed E-state index contributed by atoms with van der Waals surface area (Å²) < 4.78 is 25.8. The van der Waals surface area contributed by atoms with Gasteiger partial charge in [-0.05, 0) is 24.7 Å². The van der Waals surface area contributed by atoms with Crippen LogP contribution >= 0.6 is 0 Å². The summed E-state index contributed by atoms with van der Waals surface area (Å²) >= 11 is 0. The minimum atomic E-state index is -0.866. The number of piperazine rings is 1. The fraction of sp³-hybridized carbons (Fsp3) is 0.500. The molecule has 1 saturated heterocycles. The number of halogens is 2. The largest absolute Gasteiger partial charge is 0.339 e. The lowest BCUT2D eigenvalue weighted by Gasteiger charge is -2.32. The molecule has 4 nitrogen and oxygen atoms in total. The number of amides is 1.